The van der Waals surface area contributed by atoms with Gasteiger partial charge in [-0.15, -0.1) is 0 Å². The van der Waals surface area contributed by atoms with Crippen LogP contribution in [0, 0.1) is 0 Å². The fourth-order valence-electron chi connectivity index (χ4n) is 11.0. The molecule has 0 amide bonds. The highest BCUT2D eigenvalue weighted by Crippen LogP contribution is 2.44. The Labute approximate surface area is 397 Å². The Morgan fingerprint density at radius 3 is 1.30 bits per heavy atom. The maximum absolute atomic E-state index is 7.21. The van der Waals surface area contributed by atoms with E-state index in [1.54, 1.807) is 0 Å². The molecule has 0 aliphatic heterocycles. The van der Waals surface area contributed by atoms with Crippen molar-refractivity contribution in [3.63, 3.8) is 0 Å². The molecule has 324 valence electrons. The fourth-order valence-corrected chi connectivity index (χ4v) is 11.0. The van der Waals surface area contributed by atoms with Gasteiger partial charge in [-0.1, -0.05) is 127 Å². The first-order valence-electron chi connectivity index (χ1n) is 23.5. The summed E-state index contributed by atoms with van der Waals surface area (Å²) in [6.07, 6.45) is 0. The number of benzene rings is 11. The Hall–Kier alpha value is -9.59. The minimum absolute atomic E-state index is 0.518. The summed E-state index contributed by atoms with van der Waals surface area (Å²) in [6, 6.07) is 72.3. The number of nitrogens with zero attached hydrogens (tertiary/aromatic N) is 4. The van der Waals surface area contributed by atoms with E-state index in [1.807, 2.05) is 48.5 Å². The van der Waals surface area contributed by atoms with E-state index in [4.69, 9.17) is 28.2 Å². The first-order valence-corrected chi connectivity index (χ1v) is 23.5. The molecule has 7 nitrogen and oxygen atoms in total. The highest BCUT2D eigenvalue weighted by Gasteiger charge is 2.24. The van der Waals surface area contributed by atoms with Gasteiger partial charge in [0.05, 0.1) is 16.7 Å². The molecule has 70 heavy (non-hydrogen) atoms. The maximum atomic E-state index is 7.21. The second-order valence-electron chi connectivity index (χ2n) is 18.3. The molecule has 0 saturated carbocycles. The fraction of sp³-hybridized carbons (Fsp3) is 0. The Kier molecular flexibility index (Phi) is 7.49. The molecule has 16 rings (SSSR count). The van der Waals surface area contributed by atoms with Crippen molar-refractivity contribution in [3.05, 3.63) is 206 Å². The van der Waals surface area contributed by atoms with Crippen molar-refractivity contribution in [1.29, 1.82) is 0 Å². The summed E-state index contributed by atoms with van der Waals surface area (Å²) in [5.74, 6) is 1.56. The van der Waals surface area contributed by atoms with Crippen LogP contribution in [-0.2, 0) is 0 Å². The van der Waals surface area contributed by atoms with Gasteiger partial charge in [0.25, 0.3) is 0 Å². The third kappa shape index (κ3) is 5.42. The van der Waals surface area contributed by atoms with Crippen molar-refractivity contribution in [2.45, 2.75) is 0 Å². The third-order valence-electron chi connectivity index (χ3n) is 14.4. The summed E-state index contributed by atoms with van der Waals surface area (Å²) in [7, 11) is 0. The number of para-hydroxylation sites is 2. The first-order chi connectivity index (χ1) is 34.6. The van der Waals surface area contributed by atoms with Crippen LogP contribution < -0.4 is 0 Å². The summed E-state index contributed by atoms with van der Waals surface area (Å²) < 4.78 is 22.4. The van der Waals surface area contributed by atoms with Crippen LogP contribution in [0.1, 0.15) is 0 Å². The van der Waals surface area contributed by atoms with E-state index in [0.29, 0.717) is 17.5 Å². The zero-order valence-corrected chi connectivity index (χ0v) is 37.1. The molecule has 0 fully saturated rings. The molecule has 0 aliphatic rings. The maximum Gasteiger partial charge on any atom is 0.164 e. The van der Waals surface area contributed by atoms with Crippen molar-refractivity contribution in [1.82, 2.24) is 19.5 Å². The molecule has 16 aromatic rings. The van der Waals surface area contributed by atoms with Gasteiger partial charge in [-0.05, 0) is 106 Å². The molecule has 0 N–H and O–H groups in total. The predicted octanol–water partition coefficient (Wildman–Crippen LogP) is 17.1. The van der Waals surface area contributed by atoms with Crippen LogP contribution in [0.25, 0.3) is 160 Å². The molecular weight excluding hydrogens is 861 g/mol. The van der Waals surface area contributed by atoms with Gasteiger partial charge in [0.15, 0.2) is 23.1 Å². The second-order valence-corrected chi connectivity index (χ2v) is 18.3. The van der Waals surface area contributed by atoms with Crippen LogP contribution in [-0.4, -0.2) is 19.5 Å². The quantitative estimate of drug-likeness (QED) is 0.175. The molecule has 5 aromatic heterocycles. The SMILES string of the molecule is c1ccc2cc3c(cc2c1)c1cc2ccccc2cc1n3-c1cc(-c2nc(-c3ccc4c(c3)oc3ccccc34)nc(-c3ccc4c(c3)oc3ccccc34)n2)cc2c1oc1c3ccccc3ccc21. The number of furan rings is 3. The van der Waals surface area contributed by atoms with E-state index in [1.165, 1.54) is 10.8 Å². The lowest BCUT2D eigenvalue weighted by molar-refractivity contribution is 0.668. The molecule has 7 heteroatoms. The first kappa shape index (κ1) is 37.5. The lowest BCUT2D eigenvalue weighted by atomic mass is 10.0. The number of aromatic nitrogens is 4. The summed E-state index contributed by atoms with van der Waals surface area (Å²) in [5, 5.41) is 15.3. The van der Waals surface area contributed by atoms with Crippen LogP contribution >= 0.6 is 0 Å². The van der Waals surface area contributed by atoms with Crippen molar-refractivity contribution in [3.8, 4) is 39.9 Å². The molecular formula is C63H34N4O3. The summed E-state index contributed by atoms with van der Waals surface area (Å²) >= 11 is 0. The molecule has 11 aromatic carbocycles. The van der Waals surface area contributed by atoms with E-state index in [-0.39, 0.29) is 0 Å². The van der Waals surface area contributed by atoms with E-state index in [2.05, 4.69) is 162 Å². The van der Waals surface area contributed by atoms with Crippen LogP contribution in [0.5, 0.6) is 0 Å². The van der Waals surface area contributed by atoms with Gasteiger partial charge >= 0.3 is 0 Å². The Bertz CT molecular complexity index is 4690. The van der Waals surface area contributed by atoms with Gasteiger partial charge in [0.1, 0.15) is 27.9 Å². The van der Waals surface area contributed by atoms with Crippen LogP contribution in [0.15, 0.2) is 220 Å². The monoisotopic (exact) mass is 894 g/mol. The second kappa shape index (κ2) is 14.0. The molecule has 5 heterocycles. The minimum atomic E-state index is 0.518. The van der Waals surface area contributed by atoms with E-state index < -0.39 is 0 Å². The van der Waals surface area contributed by atoms with Crippen molar-refractivity contribution in [2.75, 3.05) is 0 Å². The Balaban J connectivity index is 1.01. The van der Waals surface area contributed by atoms with Gasteiger partial charge < -0.3 is 17.8 Å². The predicted molar refractivity (Wildman–Crippen MR) is 285 cm³/mol. The number of fused-ring (bicyclic) bond motifs is 16. The molecule has 0 spiro atoms. The van der Waals surface area contributed by atoms with Crippen LogP contribution in [0.4, 0.5) is 0 Å². The number of rotatable bonds is 4. The number of hydrogen-bond acceptors (Lipinski definition) is 6. The van der Waals surface area contributed by atoms with Crippen molar-refractivity contribution in [2.24, 2.45) is 0 Å². The molecule has 0 bridgehead atoms. The molecule has 0 atom stereocenters. The summed E-state index contributed by atoms with van der Waals surface area (Å²) in [6.45, 7) is 0. The summed E-state index contributed by atoms with van der Waals surface area (Å²) in [5.41, 5.74) is 10.3. The molecule has 0 unspecified atom stereocenters. The molecule has 0 aliphatic carbocycles. The average Bonchev–Trinajstić information content (AvgIpc) is 4.17. The Morgan fingerprint density at radius 1 is 0.271 bits per heavy atom. The van der Waals surface area contributed by atoms with E-state index >= 15 is 0 Å². The van der Waals surface area contributed by atoms with Crippen LogP contribution in [0.3, 0.4) is 0 Å². The molecule has 0 radical (unpaired) electrons. The van der Waals surface area contributed by atoms with Gasteiger partial charge in [-0.2, -0.15) is 0 Å². The van der Waals surface area contributed by atoms with Gasteiger partial charge in [0, 0.05) is 65.2 Å². The lowest BCUT2D eigenvalue weighted by Crippen LogP contribution is -2.01. The van der Waals surface area contributed by atoms with E-state index in [9.17, 15) is 0 Å². The largest absolute Gasteiger partial charge is 0.456 e. The third-order valence-corrected chi connectivity index (χ3v) is 14.4. The highest BCUT2D eigenvalue weighted by molar-refractivity contribution is 6.20. The molecule has 0 saturated heterocycles. The standard InChI is InChI=1S/C63H34N4O3/c1-3-14-38-30-52-49(27-36(38)12-1)50-28-37-13-2-4-15-39(37)31-53(50)67(52)54-32-42(29-51-48-26-21-35-11-5-6-16-43(35)59(48)70-60(51)54)63-65-61(40-22-24-46-44-17-7-9-19-55(44)68-57(46)33-40)64-62(66-63)41-23-25-47-45-18-8-10-20-56(45)69-58(47)34-41/h1-34H. The zero-order chi connectivity index (χ0) is 45.6. The zero-order valence-electron chi connectivity index (χ0n) is 37.1. The topological polar surface area (TPSA) is 83.0 Å². The van der Waals surface area contributed by atoms with Gasteiger partial charge in [-0.25, -0.2) is 15.0 Å². The van der Waals surface area contributed by atoms with Crippen LogP contribution in [0.2, 0.25) is 0 Å². The van der Waals surface area contributed by atoms with Gasteiger partial charge in [-0.3, -0.25) is 0 Å². The van der Waals surface area contributed by atoms with Gasteiger partial charge in [0.2, 0.25) is 0 Å². The van der Waals surface area contributed by atoms with E-state index in [0.717, 1.165) is 132 Å². The van der Waals surface area contributed by atoms with Crippen molar-refractivity contribution < 1.29 is 13.3 Å². The highest BCUT2D eigenvalue weighted by atomic mass is 16.3. The summed E-state index contributed by atoms with van der Waals surface area (Å²) in [4.78, 5) is 16.0. The smallest absolute Gasteiger partial charge is 0.164 e. The minimum Gasteiger partial charge on any atom is -0.456 e. The normalized spacial score (nSPS) is 12.3. The lowest BCUT2D eigenvalue weighted by Gasteiger charge is -2.13. The number of hydrogen-bond donors (Lipinski definition) is 0. The Morgan fingerprint density at radius 2 is 0.729 bits per heavy atom. The van der Waals surface area contributed by atoms with Crippen molar-refractivity contribution >= 4 is 120 Å². The average molecular weight is 895 g/mol.